The molecule has 2 atom stereocenters. The monoisotopic (exact) mass is 212 g/mol. The van der Waals surface area contributed by atoms with Crippen LogP contribution < -0.4 is 0 Å². The van der Waals surface area contributed by atoms with Crippen molar-refractivity contribution in [2.24, 2.45) is 5.92 Å². The van der Waals surface area contributed by atoms with Gasteiger partial charge in [-0.15, -0.1) is 0 Å². The van der Waals surface area contributed by atoms with Gasteiger partial charge >= 0.3 is 0 Å². The van der Waals surface area contributed by atoms with E-state index in [0.717, 1.165) is 25.7 Å². The summed E-state index contributed by atoms with van der Waals surface area (Å²) >= 11 is 5.30. The lowest BCUT2D eigenvalue weighted by atomic mass is 10.0. The maximum absolute atomic E-state index is 10.9. The quantitative estimate of drug-likeness (QED) is 0.683. The van der Waals surface area contributed by atoms with Crippen molar-refractivity contribution in [3.8, 4) is 0 Å². The molecule has 0 rings (SSSR count). The molecule has 0 amide bonds. The molecule has 4 heteroatoms. The van der Waals surface area contributed by atoms with Gasteiger partial charge in [0.05, 0.1) is 0 Å². The number of unbranched alkanes of at least 4 members (excludes halogenated alkanes) is 1. The van der Waals surface area contributed by atoms with Crippen molar-refractivity contribution < 1.29 is 9.46 Å². The van der Waals surface area contributed by atoms with Gasteiger partial charge in [0.2, 0.25) is 0 Å². The van der Waals surface area contributed by atoms with Crippen LogP contribution in [0.4, 0.5) is 0 Å². The SMILES string of the molecule is CCCCC(CC)CP(=O)(O)Cl. The maximum atomic E-state index is 10.9. The average Bonchev–Trinajstić information content (AvgIpc) is 1.95. The van der Waals surface area contributed by atoms with Crippen LogP contribution in [0, 0.1) is 5.92 Å². The minimum atomic E-state index is -3.31. The van der Waals surface area contributed by atoms with E-state index in [-0.39, 0.29) is 6.16 Å². The molecule has 0 aromatic rings. The van der Waals surface area contributed by atoms with Crippen LogP contribution in [-0.2, 0) is 4.57 Å². The summed E-state index contributed by atoms with van der Waals surface area (Å²) in [5.41, 5.74) is 0. The second kappa shape index (κ2) is 6.01. The zero-order valence-corrected chi connectivity index (χ0v) is 9.44. The molecular weight excluding hydrogens is 195 g/mol. The van der Waals surface area contributed by atoms with Crippen LogP contribution in [0.5, 0.6) is 0 Å². The Morgan fingerprint density at radius 1 is 1.50 bits per heavy atom. The van der Waals surface area contributed by atoms with Crippen LogP contribution in [0.3, 0.4) is 0 Å². The van der Waals surface area contributed by atoms with Crippen LogP contribution in [0.15, 0.2) is 0 Å². The summed E-state index contributed by atoms with van der Waals surface area (Å²) in [6, 6.07) is 0. The number of rotatable bonds is 6. The van der Waals surface area contributed by atoms with Gasteiger partial charge in [-0.05, 0) is 23.6 Å². The van der Waals surface area contributed by atoms with E-state index in [4.69, 9.17) is 16.1 Å². The molecule has 1 N–H and O–H groups in total. The molecule has 0 saturated heterocycles. The molecule has 0 aliphatic carbocycles. The second-order valence-corrected chi connectivity index (χ2v) is 6.40. The summed E-state index contributed by atoms with van der Waals surface area (Å²) in [5.74, 6) is 0.318. The standard InChI is InChI=1S/C8H18ClO2P/c1-3-5-6-8(4-2)7-12(9,10)11/h8H,3-7H2,1-2H3,(H,10,11). The Hall–Kier alpha value is 0.480. The van der Waals surface area contributed by atoms with Gasteiger partial charge in [0, 0.05) is 6.16 Å². The van der Waals surface area contributed by atoms with Gasteiger partial charge in [0.1, 0.15) is 0 Å². The summed E-state index contributed by atoms with van der Waals surface area (Å²) in [7, 11) is 0. The van der Waals surface area contributed by atoms with Gasteiger partial charge in [-0.1, -0.05) is 33.1 Å². The third-order valence-electron chi connectivity index (χ3n) is 2.03. The lowest BCUT2D eigenvalue weighted by Gasteiger charge is -2.14. The van der Waals surface area contributed by atoms with E-state index in [1.54, 1.807) is 0 Å². The minimum Gasteiger partial charge on any atom is -0.333 e. The van der Waals surface area contributed by atoms with Crippen LogP contribution >= 0.6 is 18.0 Å². The minimum absolute atomic E-state index is 0.269. The molecule has 0 aliphatic rings. The van der Waals surface area contributed by atoms with Gasteiger partial charge in [0.25, 0.3) is 6.72 Å². The Kier molecular flexibility index (Phi) is 6.25. The number of halogens is 1. The van der Waals surface area contributed by atoms with E-state index in [2.05, 4.69) is 6.92 Å². The zero-order chi connectivity index (χ0) is 9.61. The lowest BCUT2D eigenvalue weighted by Crippen LogP contribution is -2.03. The first-order valence-corrected chi connectivity index (χ1v) is 7.26. The van der Waals surface area contributed by atoms with E-state index in [1.807, 2.05) is 6.92 Å². The van der Waals surface area contributed by atoms with Gasteiger partial charge in [-0.3, -0.25) is 4.57 Å². The van der Waals surface area contributed by atoms with Crippen LogP contribution in [0.2, 0.25) is 0 Å². The summed E-state index contributed by atoms with van der Waals surface area (Å²) in [6.45, 7) is 0.845. The Labute approximate surface area is 79.6 Å². The van der Waals surface area contributed by atoms with Crippen molar-refractivity contribution in [1.82, 2.24) is 0 Å². The molecule has 0 bridgehead atoms. The largest absolute Gasteiger partial charge is 0.333 e. The highest BCUT2D eigenvalue weighted by atomic mass is 35.7. The first kappa shape index (κ1) is 12.5. The molecule has 0 aromatic carbocycles. The third kappa shape index (κ3) is 7.15. The Morgan fingerprint density at radius 3 is 2.42 bits per heavy atom. The fourth-order valence-corrected chi connectivity index (χ4v) is 2.90. The third-order valence-corrected chi connectivity index (χ3v) is 3.41. The highest BCUT2D eigenvalue weighted by molar-refractivity contribution is 7.84. The highest BCUT2D eigenvalue weighted by Gasteiger charge is 2.19. The smallest absolute Gasteiger partial charge is 0.287 e. The molecule has 0 fully saturated rings. The molecule has 0 aliphatic heterocycles. The van der Waals surface area contributed by atoms with Gasteiger partial charge < -0.3 is 4.89 Å². The van der Waals surface area contributed by atoms with Crippen molar-refractivity contribution in [2.45, 2.75) is 39.5 Å². The van der Waals surface area contributed by atoms with Gasteiger partial charge in [0.15, 0.2) is 0 Å². The van der Waals surface area contributed by atoms with E-state index in [9.17, 15) is 4.57 Å². The average molecular weight is 213 g/mol. The summed E-state index contributed by atoms with van der Waals surface area (Å²) < 4.78 is 10.9. The van der Waals surface area contributed by atoms with Crippen LogP contribution in [0.25, 0.3) is 0 Å². The van der Waals surface area contributed by atoms with E-state index in [0.29, 0.717) is 5.92 Å². The molecule has 0 spiro atoms. The lowest BCUT2D eigenvalue weighted by molar-refractivity contribution is 0.449. The van der Waals surface area contributed by atoms with Crippen molar-refractivity contribution in [2.75, 3.05) is 6.16 Å². The topological polar surface area (TPSA) is 37.3 Å². The predicted octanol–water partition coefficient (Wildman–Crippen LogP) is 3.63. The molecule has 12 heavy (non-hydrogen) atoms. The fourth-order valence-electron chi connectivity index (χ4n) is 1.24. The molecule has 2 nitrogen and oxygen atoms in total. The Balaban J connectivity index is 3.75. The molecule has 0 aromatic heterocycles. The van der Waals surface area contributed by atoms with Crippen LogP contribution in [-0.4, -0.2) is 11.1 Å². The zero-order valence-electron chi connectivity index (χ0n) is 7.79. The maximum Gasteiger partial charge on any atom is 0.287 e. The fraction of sp³-hybridized carbons (Fsp3) is 1.00. The number of hydrogen-bond acceptors (Lipinski definition) is 1. The molecule has 74 valence electrons. The molecule has 0 heterocycles. The van der Waals surface area contributed by atoms with Crippen LogP contribution in [0.1, 0.15) is 39.5 Å². The first-order valence-electron chi connectivity index (χ1n) is 4.51. The molecule has 0 saturated carbocycles. The van der Waals surface area contributed by atoms with Crippen molar-refractivity contribution in [3.05, 3.63) is 0 Å². The first-order chi connectivity index (χ1) is 5.49. The van der Waals surface area contributed by atoms with Gasteiger partial charge in [-0.25, -0.2) is 0 Å². The van der Waals surface area contributed by atoms with E-state index >= 15 is 0 Å². The van der Waals surface area contributed by atoms with Crippen molar-refractivity contribution >= 4 is 18.0 Å². The number of hydrogen-bond donors (Lipinski definition) is 1. The predicted molar refractivity (Wildman–Crippen MR) is 53.9 cm³/mol. The molecular formula is C8H18ClO2P. The molecule has 2 unspecified atom stereocenters. The van der Waals surface area contributed by atoms with E-state index in [1.165, 1.54) is 0 Å². The Morgan fingerprint density at radius 2 is 2.08 bits per heavy atom. The summed E-state index contributed by atoms with van der Waals surface area (Å²) in [4.78, 5) is 8.94. The summed E-state index contributed by atoms with van der Waals surface area (Å²) in [6.07, 6.45) is 4.48. The highest BCUT2D eigenvalue weighted by Crippen LogP contribution is 2.48. The summed E-state index contributed by atoms with van der Waals surface area (Å²) in [5, 5.41) is 0. The van der Waals surface area contributed by atoms with Gasteiger partial charge in [-0.2, -0.15) is 0 Å². The van der Waals surface area contributed by atoms with Crippen molar-refractivity contribution in [1.29, 1.82) is 0 Å². The Bertz CT molecular complexity index is 155. The second-order valence-electron chi connectivity index (χ2n) is 3.22. The normalized spacial score (nSPS) is 18.7. The van der Waals surface area contributed by atoms with E-state index < -0.39 is 6.72 Å². The molecule has 0 radical (unpaired) electrons. The van der Waals surface area contributed by atoms with Crippen molar-refractivity contribution in [3.63, 3.8) is 0 Å².